The van der Waals surface area contributed by atoms with Crippen LogP contribution >= 0.6 is 0 Å². The van der Waals surface area contributed by atoms with E-state index in [1.54, 1.807) is 12.3 Å². The molecule has 2 aliphatic rings. The van der Waals surface area contributed by atoms with Crippen molar-refractivity contribution in [2.45, 2.75) is 50.7 Å². The van der Waals surface area contributed by atoms with Crippen molar-refractivity contribution in [3.63, 3.8) is 0 Å². The molecule has 1 saturated heterocycles. The van der Waals surface area contributed by atoms with Gasteiger partial charge in [0.2, 0.25) is 5.95 Å². The number of aromatic nitrogens is 4. The van der Waals surface area contributed by atoms with E-state index in [9.17, 15) is 13.2 Å². The van der Waals surface area contributed by atoms with Crippen molar-refractivity contribution < 1.29 is 13.2 Å². The molecule has 1 aliphatic heterocycles. The Bertz CT molecular complexity index is 1410. The third-order valence-electron chi connectivity index (χ3n) is 7.54. The minimum absolute atomic E-state index is 0.0291. The van der Waals surface area contributed by atoms with Gasteiger partial charge in [0.05, 0.1) is 0 Å². The smallest absolute Gasteiger partial charge is 0.324 e. The van der Waals surface area contributed by atoms with Gasteiger partial charge in [0, 0.05) is 17.9 Å². The molecule has 1 N–H and O–H groups in total. The second kappa shape index (κ2) is 10.2. The Morgan fingerprint density at radius 1 is 0.842 bits per heavy atom. The van der Waals surface area contributed by atoms with Crippen molar-refractivity contribution in [3.8, 4) is 16.9 Å². The highest BCUT2D eigenvalue weighted by molar-refractivity contribution is 5.65. The zero-order chi connectivity index (χ0) is 26.1. The van der Waals surface area contributed by atoms with Gasteiger partial charge in [-0.2, -0.15) is 22.8 Å². The first-order valence-electron chi connectivity index (χ1n) is 13.1. The lowest BCUT2D eigenvalue weighted by Crippen LogP contribution is -2.32. The second-order valence-corrected chi connectivity index (χ2v) is 10.0. The van der Waals surface area contributed by atoms with Crippen molar-refractivity contribution >= 4 is 11.6 Å². The van der Waals surface area contributed by atoms with Crippen LogP contribution in [0.15, 0.2) is 66.9 Å². The number of anilines is 2. The molecule has 2 aromatic heterocycles. The molecule has 0 radical (unpaired) electrons. The molecule has 4 aromatic rings. The molecule has 3 heterocycles. The number of nitrogens with zero attached hydrogens (tertiary/aromatic N) is 5. The molecular weight excluding hydrogens is 489 g/mol. The summed E-state index contributed by atoms with van der Waals surface area (Å²) in [7, 11) is 0. The monoisotopic (exact) mass is 518 g/mol. The van der Waals surface area contributed by atoms with E-state index < -0.39 is 12.0 Å². The number of hydrogen-bond acceptors (Lipinski definition) is 5. The highest BCUT2D eigenvalue weighted by atomic mass is 19.4. The van der Waals surface area contributed by atoms with Crippen molar-refractivity contribution in [2.75, 3.05) is 18.4 Å². The number of likely N-dealkylation sites (tertiary alicyclic amines) is 1. The molecule has 38 heavy (non-hydrogen) atoms. The quantitative estimate of drug-likeness (QED) is 0.308. The first-order chi connectivity index (χ1) is 18.4. The summed E-state index contributed by atoms with van der Waals surface area (Å²) in [5.74, 6) is -0.992. The molecule has 9 heteroatoms. The maximum atomic E-state index is 13.6. The molecule has 1 atom stereocenters. The first kappa shape index (κ1) is 24.6. The summed E-state index contributed by atoms with van der Waals surface area (Å²) >= 11 is 0. The molecule has 6 nitrogen and oxygen atoms in total. The molecule has 2 aromatic carbocycles. The van der Waals surface area contributed by atoms with Crippen molar-refractivity contribution in [3.05, 3.63) is 83.8 Å². The van der Waals surface area contributed by atoms with Gasteiger partial charge in [-0.25, -0.2) is 4.98 Å². The number of aryl methyl sites for hydroxylation is 2. The molecular formula is C29H29F3N6. The first-order valence-corrected chi connectivity index (χ1v) is 13.1. The van der Waals surface area contributed by atoms with Gasteiger partial charge < -0.3 is 10.2 Å². The molecule has 0 spiro atoms. The summed E-state index contributed by atoms with van der Waals surface area (Å²) in [6, 6.07) is 19.8. The fraction of sp³-hybridized carbons (Fsp3) is 0.345. The summed E-state index contributed by atoms with van der Waals surface area (Å²) < 4.78 is 42.0. The van der Waals surface area contributed by atoms with E-state index in [-0.39, 0.29) is 11.8 Å². The van der Waals surface area contributed by atoms with Crippen LogP contribution in [0.4, 0.5) is 24.8 Å². The van der Waals surface area contributed by atoms with Gasteiger partial charge in [-0.1, -0.05) is 36.4 Å². The summed E-state index contributed by atoms with van der Waals surface area (Å²) in [4.78, 5) is 10.7. The normalized spacial score (nSPS) is 18.2. The Kier molecular flexibility index (Phi) is 6.61. The van der Waals surface area contributed by atoms with E-state index in [0.717, 1.165) is 41.5 Å². The molecule has 1 aliphatic carbocycles. The fourth-order valence-electron chi connectivity index (χ4n) is 5.59. The zero-order valence-corrected chi connectivity index (χ0v) is 21.0. The number of hydrogen-bond donors (Lipinski definition) is 1. The summed E-state index contributed by atoms with van der Waals surface area (Å²) in [6.45, 7) is 2.37. The van der Waals surface area contributed by atoms with Crippen LogP contribution in [0, 0.1) is 0 Å². The third kappa shape index (κ3) is 5.15. The summed E-state index contributed by atoms with van der Waals surface area (Å²) in [6.07, 6.45) is 3.65. The van der Waals surface area contributed by atoms with Crippen molar-refractivity contribution in [1.29, 1.82) is 0 Å². The highest BCUT2D eigenvalue weighted by Gasteiger charge is 2.37. The predicted octanol–water partition coefficient (Wildman–Crippen LogP) is 6.43. The lowest BCUT2D eigenvalue weighted by molar-refractivity contribution is -0.144. The van der Waals surface area contributed by atoms with Gasteiger partial charge in [-0.15, -0.1) is 5.10 Å². The number of pyridine rings is 1. The third-order valence-corrected chi connectivity index (χ3v) is 7.54. The van der Waals surface area contributed by atoms with Crippen LogP contribution in [-0.2, 0) is 19.0 Å². The maximum absolute atomic E-state index is 13.6. The van der Waals surface area contributed by atoms with Gasteiger partial charge in [0.1, 0.15) is 0 Å². The lowest BCUT2D eigenvalue weighted by atomic mass is 10.0. The van der Waals surface area contributed by atoms with Crippen LogP contribution in [0.2, 0.25) is 0 Å². The fourth-order valence-corrected chi connectivity index (χ4v) is 5.59. The van der Waals surface area contributed by atoms with Crippen LogP contribution in [0.5, 0.6) is 0 Å². The van der Waals surface area contributed by atoms with Crippen LogP contribution in [0.25, 0.3) is 16.9 Å². The second-order valence-electron chi connectivity index (χ2n) is 10.0. The van der Waals surface area contributed by atoms with Crippen LogP contribution in [0.3, 0.4) is 0 Å². The van der Waals surface area contributed by atoms with Crippen LogP contribution in [-0.4, -0.2) is 43.8 Å². The van der Waals surface area contributed by atoms with Crippen molar-refractivity contribution in [1.82, 2.24) is 24.6 Å². The summed E-state index contributed by atoms with van der Waals surface area (Å²) in [5, 5.41) is 6.89. The minimum Gasteiger partial charge on any atom is -0.324 e. The Labute approximate surface area is 219 Å². The number of rotatable bonds is 5. The number of fused-ring (bicyclic) bond motifs is 1. The van der Waals surface area contributed by atoms with E-state index in [0.29, 0.717) is 11.7 Å². The van der Waals surface area contributed by atoms with E-state index in [2.05, 4.69) is 31.3 Å². The minimum atomic E-state index is -4.68. The SMILES string of the molecule is FC(F)(F)c1nc(Nc2ccc3c(c2)CCC(N2CCCC2)CC3)n(-c2cc(-c3ccccc3)ccn2)n1. The number of benzene rings is 2. The predicted molar refractivity (Wildman–Crippen MR) is 141 cm³/mol. The maximum Gasteiger partial charge on any atom is 0.453 e. The van der Waals surface area contributed by atoms with Crippen LogP contribution in [0.1, 0.15) is 42.6 Å². The Morgan fingerprint density at radius 3 is 2.37 bits per heavy atom. The van der Waals surface area contributed by atoms with Crippen molar-refractivity contribution in [2.24, 2.45) is 0 Å². The molecule has 0 saturated carbocycles. The Balaban J connectivity index is 1.30. The molecule has 0 amide bonds. The lowest BCUT2D eigenvalue weighted by Gasteiger charge is -2.25. The van der Waals surface area contributed by atoms with Gasteiger partial charge >= 0.3 is 6.18 Å². The standard InChI is InChI=1S/C29H29F3N6/c30-29(31,32)27-35-28(38(36-27)26-19-23(14-15-33-26)20-6-2-1-3-7-20)34-24-11-8-21-9-12-25(13-10-22(21)18-24)37-16-4-5-17-37/h1-3,6-8,11,14-15,18-19,25H,4-5,9-10,12-13,16-17H2,(H,34,35,36). The van der Waals surface area contributed by atoms with E-state index >= 15 is 0 Å². The summed E-state index contributed by atoms with van der Waals surface area (Å²) in [5.41, 5.74) is 4.99. The average Bonchev–Trinajstić information content (AvgIpc) is 3.56. The van der Waals surface area contributed by atoms with Gasteiger partial charge in [-0.05, 0) is 98.1 Å². The Morgan fingerprint density at radius 2 is 1.61 bits per heavy atom. The Hall–Kier alpha value is -3.72. The topological polar surface area (TPSA) is 58.9 Å². The number of alkyl halides is 3. The van der Waals surface area contributed by atoms with E-state index in [1.165, 1.54) is 37.1 Å². The molecule has 0 bridgehead atoms. The number of halogens is 3. The molecule has 196 valence electrons. The zero-order valence-electron chi connectivity index (χ0n) is 21.0. The van der Waals surface area contributed by atoms with E-state index in [1.807, 2.05) is 48.5 Å². The molecule has 6 rings (SSSR count). The largest absolute Gasteiger partial charge is 0.453 e. The van der Waals surface area contributed by atoms with Gasteiger partial charge in [0.15, 0.2) is 5.82 Å². The highest BCUT2D eigenvalue weighted by Crippen LogP contribution is 2.32. The average molecular weight is 519 g/mol. The van der Waals surface area contributed by atoms with Crippen LogP contribution < -0.4 is 5.32 Å². The number of nitrogens with one attached hydrogen (secondary N) is 1. The van der Waals surface area contributed by atoms with Gasteiger partial charge in [-0.3, -0.25) is 0 Å². The molecule has 1 fully saturated rings. The van der Waals surface area contributed by atoms with E-state index in [4.69, 9.17) is 0 Å². The van der Waals surface area contributed by atoms with Gasteiger partial charge in [0.25, 0.3) is 5.82 Å². The molecule has 1 unspecified atom stereocenters.